The van der Waals surface area contributed by atoms with Gasteiger partial charge in [0.1, 0.15) is 0 Å². The van der Waals surface area contributed by atoms with Gasteiger partial charge >= 0.3 is 0 Å². The number of nitrogens with zero attached hydrogens (tertiary/aromatic N) is 1. The third kappa shape index (κ3) is 2.84. The van der Waals surface area contributed by atoms with Crippen molar-refractivity contribution in [1.29, 1.82) is 0 Å². The fraction of sp³-hybridized carbons (Fsp3) is 0.0417. The van der Waals surface area contributed by atoms with Crippen molar-refractivity contribution in [2.75, 3.05) is 0 Å². The van der Waals surface area contributed by atoms with E-state index >= 15 is 0 Å². The lowest BCUT2D eigenvalue weighted by Crippen LogP contribution is -2.18. The van der Waals surface area contributed by atoms with E-state index < -0.39 is 21.7 Å². The maximum atomic E-state index is 13.8. The quantitative estimate of drug-likeness (QED) is 0.526. The van der Waals surface area contributed by atoms with Crippen LogP contribution in [-0.4, -0.2) is 23.3 Å². The molecule has 0 spiro atoms. The van der Waals surface area contributed by atoms with Crippen molar-refractivity contribution in [2.45, 2.75) is 10.8 Å². The SMILES string of the molecule is O=C1C=CC(c2cc3ccccc3n2S(=O)(=O)c2ccc3ccccc3c2)C=C1O. The molecule has 148 valence electrons. The predicted molar refractivity (Wildman–Crippen MR) is 116 cm³/mol. The average molecular weight is 415 g/mol. The van der Waals surface area contributed by atoms with E-state index in [1.54, 1.807) is 42.5 Å². The van der Waals surface area contributed by atoms with E-state index in [9.17, 15) is 18.3 Å². The lowest BCUT2D eigenvalue weighted by molar-refractivity contribution is -0.113. The van der Waals surface area contributed by atoms with Crippen molar-refractivity contribution in [3.8, 4) is 0 Å². The monoisotopic (exact) mass is 415 g/mol. The number of para-hydroxylation sites is 1. The highest BCUT2D eigenvalue weighted by atomic mass is 32.2. The van der Waals surface area contributed by atoms with Gasteiger partial charge in [0.15, 0.2) is 5.76 Å². The van der Waals surface area contributed by atoms with Gasteiger partial charge in [-0.05, 0) is 47.2 Å². The number of carbonyl (C=O) groups is 1. The zero-order valence-corrected chi connectivity index (χ0v) is 16.6. The van der Waals surface area contributed by atoms with Crippen LogP contribution < -0.4 is 0 Å². The fourth-order valence-corrected chi connectivity index (χ4v) is 5.46. The largest absolute Gasteiger partial charge is 0.504 e. The maximum absolute atomic E-state index is 13.8. The van der Waals surface area contributed by atoms with Gasteiger partial charge in [0.05, 0.1) is 10.4 Å². The Morgan fingerprint density at radius 2 is 1.53 bits per heavy atom. The van der Waals surface area contributed by atoms with Gasteiger partial charge in [-0.2, -0.15) is 0 Å². The van der Waals surface area contributed by atoms with Crippen LogP contribution in [0.25, 0.3) is 21.7 Å². The van der Waals surface area contributed by atoms with E-state index in [4.69, 9.17) is 0 Å². The van der Waals surface area contributed by atoms with Crippen LogP contribution in [0.3, 0.4) is 0 Å². The van der Waals surface area contributed by atoms with Gasteiger partial charge in [-0.1, -0.05) is 54.6 Å². The third-order valence-corrected chi connectivity index (χ3v) is 7.08. The number of hydrogen-bond acceptors (Lipinski definition) is 4. The molecule has 1 aromatic heterocycles. The Balaban J connectivity index is 1.76. The topological polar surface area (TPSA) is 76.4 Å². The van der Waals surface area contributed by atoms with Gasteiger partial charge in [0.2, 0.25) is 5.78 Å². The molecule has 5 nitrogen and oxygen atoms in total. The summed E-state index contributed by atoms with van der Waals surface area (Å²) < 4.78 is 28.8. The Morgan fingerprint density at radius 3 is 2.30 bits per heavy atom. The molecule has 0 amide bonds. The second-order valence-electron chi connectivity index (χ2n) is 7.21. The highest BCUT2D eigenvalue weighted by Crippen LogP contribution is 2.33. The molecule has 5 rings (SSSR count). The van der Waals surface area contributed by atoms with Crippen LogP contribution >= 0.6 is 0 Å². The highest BCUT2D eigenvalue weighted by molar-refractivity contribution is 7.90. The highest BCUT2D eigenvalue weighted by Gasteiger charge is 2.27. The fourth-order valence-electron chi connectivity index (χ4n) is 3.85. The number of rotatable bonds is 3. The molecule has 1 heterocycles. The van der Waals surface area contributed by atoms with E-state index in [0.29, 0.717) is 11.2 Å². The third-order valence-electron chi connectivity index (χ3n) is 5.34. The molecular weight excluding hydrogens is 398 g/mol. The van der Waals surface area contributed by atoms with Crippen LogP contribution in [0.4, 0.5) is 0 Å². The smallest absolute Gasteiger partial charge is 0.268 e. The van der Waals surface area contributed by atoms with Gasteiger partial charge in [0, 0.05) is 17.0 Å². The van der Waals surface area contributed by atoms with E-state index in [-0.39, 0.29) is 10.7 Å². The van der Waals surface area contributed by atoms with Crippen molar-refractivity contribution in [3.05, 3.63) is 102 Å². The van der Waals surface area contributed by atoms with Crippen molar-refractivity contribution < 1.29 is 18.3 Å². The first kappa shape index (κ1) is 18.4. The number of aromatic nitrogens is 1. The number of aliphatic hydroxyl groups excluding tert-OH is 1. The van der Waals surface area contributed by atoms with E-state index in [0.717, 1.165) is 16.2 Å². The summed E-state index contributed by atoms with van der Waals surface area (Å²) in [5, 5.41) is 12.5. The summed E-state index contributed by atoms with van der Waals surface area (Å²) in [7, 11) is -3.94. The molecule has 0 radical (unpaired) electrons. The van der Waals surface area contributed by atoms with Crippen LogP contribution in [0.1, 0.15) is 11.6 Å². The minimum Gasteiger partial charge on any atom is -0.504 e. The second kappa shape index (κ2) is 6.71. The predicted octanol–water partition coefficient (Wildman–Crippen LogP) is 4.70. The molecular formula is C24H17NO4S. The molecule has 0 saturated carbocycles. The minimum atomic E-state index is -3.94. The van der Waals surface area contributed by atoms with Crippen molar-refractivity contribution in [2.24, 2.45) is 0 Å². The van der Waals surface area contributed by atoms with Crippen LogP contribution in [0.2, 0.25) is 0 Å². The van der Waals surface area contributed by atoms with Gasteiger partial charge < -0.3 is 5.11 Å². The molecule has 1 aliphatic rings. The summed E-state index contributed by atoms with van der Waals surface area (Å²) in [5.41, 5.74) is 0.999. The van der Waals surface area contributed by atoms with Crippen LogP contribution in [0.5, 0.6) is 0 Å². The second-order valence-corrected chi connectivity index (χ2v) is 8.99. The van der Waals surface area contributed by atoms with Crippen molar-refractivity contribution in [3.63, 3.8) is 0 Å². The van der Waals surface area contributed by atoms with E-state index in [1.165, 1.54) is 16.1 Å². The van der Waals surface area contributed by atoms with Gasteiger partial charge in [-0.25, -0.2) is 12.4 Å². The first-order valence-corrected chi connectivity index (χ1v) is 10.9. The first-order chi connectivity index (χ1) is 14.4. The van der Waals surface area contributed by atoms with Crippen molar-refractivity contribution in [1.82, 2.24) is 3.97 Å². The Bertz CT molecular complexity index is 1490. The van der Waals surface area contributed by atoms with Gasteiger partial charge in [0.25, 0.3) is 10.0 Å². The molecule has 1 atom stereocenters. The molecule has 0 fully saturated rings. The van der Waals surface area contributed by atoms with Gasteiger partial charge in [-0.3, -0.25) is 4.79 Å². The molecule has 30 heavy (non-hydrogen) atoms. The summed E-state index contributed by atoms with van der Waals surface area (Å²) >= 11 is 0. The maximum Gasteiger partial charge on any atom is 0.268 e. The number of benzene rings is 3. The molecule has 3 aromatic carbocycles. The summed E-state index contributed by atoms with van der Waals surface area (Å²) in [6.07, 6.45) is 4.25. The number of allylic oxidation sites excluding steroid dienone is 3. The normalized spacial score (nSPS) is 16.9. The zero-order chi connectivity index (χ0) is 20.9. The standard InChI is InChI=1S/C24H17NO4S/c26-23-12-10-19(15-24(23)27)22-14-18-7-3-4-8-21(18)25(22)30(28,29)20-11-9-16-5-1-2-6-17(16)13-20/h1-15,19,27H. The summed E-state index contributed by atoms with van der Waals surface area (Å²) in [6, 6.07) is 21.6. The number of hydrogen-bond donors (Lipinski definition) is 1. The molecule has 1 N–H and O–H groups in total. The van der Waals surface area contributed by atoms with E-state index in [2.05, 4.69) is 0 Å². The summed E-state index contributed by atoms with van der Waals surface area (Å²) in [6.45, 7) is 0. The van der Waals surface area contributed by atoms with Crippen molar-refractivity contribution >= 4 is 37.5 Å². The molecule has 4 aromatic rings. The zero-order valence-electron chi connectivity index (χ0n) is 15.8. The Morgan fingerprint density at radius 1 is 0.833 bits per heavy atom. The molecule has 1 aliphatic carbocycles. The van der Waals surface area contributed by atoms with Crippen LogP contribution in [0, 0.1) is 0 Å². The Kier molecular flexibility index (Phi) is 4.11. The van der Waals surface area contributed by atoms with E-state index in [1.807, 2.05) is 36.4 Å². The van der Waals surface area contributed by atoms with Gasteiger partial charge in [-0.15, -0.1) is 0 Å². The molecule has 6 heteroatoms. The molecule has 0 saturated heterocycles. The molecule has 1 unspecified atom stereocenters. The Labute approximate surface area is 173 Å². The number of ketones is 1. The summed E-state index contributed by atoms with van der Waals surface area (Å²) in [4.78, 5) is 11.8. The number of carbonyl (C=O) groups excluding carboxylic acids is 1. The molecule has 0 bridgehead atoms. The first-order valence-electron chi connectivity index (χ1n) is 9.43. The van der Waals surface area contributed by atoms with Crippen LogP contribution in [0.15, 0.2) is 102 Å². The van der Waals surface area contributed by atoms with Crippen LogP contribution in [-0.2, 0) is 14.8 Å². The lowest BCUT2D eigenvalue weighted by Gasteiger charge is -2.17. The average Bonchev–Trinajstić information content (AvgIpc) is 3.15. The molecule has 0 aliphatic heterocycles. The Hall–Kier alpha value is -3.64. The summed E-state index contributed by atoms with van der Waals surface area (Å²) in [5.74, 6) is -1.43. The number of fused-ring (bicyclic) bond motifs is 2. The minimum absolute atomic E-state index is 0.174. The number of aliphatic hydroxyl groups is 1. The lowest BCUT2D eigenvalue weighted by atomic mass is 9.98.